The molecule has 4 rings (SSSR count). The van der Waals surface area contributed by atoms with Crippen molar-refractivity contribution < 1.29 is 23.1 Å². The SMILES string of the molecule is O=C1CC(C(=O)Nc2ccc(F)c(F)c2)c2c(nc(N3CCOCC3)[nH]c2=O)N1. The van der Waals surface area contributed by atoms with Crippen LogP contribution >= 0.6 is 0 Å². The van der Waals surface area contributed by atoms with Gasteiger partial charge in [-0.3, -0.25) is 19.4 Å². The number of fused-ring (bicyclic) bond motifs is 1. The summed E-state index contributed by atoms with van der Waals surface area (Å²) in [6.45, 7) is 2.00. The maximum absolute atomic E-state index is 13.4. The third-order valence-electron chi connectivity index (χ3n) is 4.75. The van der Waals surface area contributed by atoms with Gasteiger partial charge in [0, 0.05) is 31.3 Å². The zero-order valence-corrected chi connectivity index (χ0v) is 15.1. The molecule has 1 fully saturated rings. The van der Waals surface area contributed by atoms with Gasteiger partial charge in [-0.25, -0.2) is 8.78 Å². The number of carbonyl (C=O) groups excluding carboxylic acids is 2. The van der Waals surface area contributed by atoms with E-state index < -0.39 is 34.9 Å². The second-order valence-electron chi connectivity index (χ2n) is 6.67. The van der Waals surface area contributed by atoms with E-state index in [9.17, 15) is 23.2 Å². The highest BCUT2D eigenvalue weighted by Gasteiger charge is 2.35. The summed E-state index contributed by atoms with van der Waals surface area (Å²) in [6, 6.07) is 2.88. The van der Waals surface area contributed by atoms with E-state index in [-0.39, 0.29) is 29.4 Å². The Balaban J connectivity index is 1.64. The van der Waals surface area contributed by atoms with Crippen LogP contribution in [0.5, 0.6) is 0 Å². The topological polar surface area (TPSA) is 116 Å². The minimum absolute atomic E-state index is 0.00996. The molecule has 3 heterocycles. The van der Waals surface area contributed by atoms with Gasteiger partial charge in [0.25, 0.3) is 5.56 Å². The fraction of sp³-hybridized carbons (Fsp3) is 0.333. The van der Waals surface area contributed by atoms with Crippen molar-refractivity contribution in [1.82, 2.24) is 9.97 Å². The Bertz CT molecular complexity index is 1040. The lowest BCUT2D eigenvalue weighted by Gasteiger charge is -2.29. The number of H-pyrrole nitrogens is 1. The van der Waals surface area contributed by atoms with Gasteiger partial charge in [-0.2, -0.15) is 4.98 Å². The summed E-state index contributed by atoms with van der Waals surface area (Å²) < 4.78 is 31.7. The van der Waals surface area contributed by atoms with Gasteiger partial charge in [-0.15, -0.1) is 0 Å². The molecule has 1 aromatic carbocycles. The highest BCUT2D eigenvalue weighted by Crippen LogP contribution is 2.30. The Morgan fingerprint density at radius 1 is 1.21 bits per heavy atom. The second kappa shape index (κ2) is 7.59. The number of hydrogen-bond donors (Lipinski definition) is 3. The molecule has 1 atom stereocenters. The van der Waals surface area contributed by atoms with E-state index in [1.165, 1.54) is 6.07 Å². The van der Waals surface area contributed by atoms with Gasteiger partial charge >= 0.3 is 0 Å². The molecule has 11 heteroatoms. The summed E-state index contributed by atoms with van der Waals surface area (Å²) in [5, 5.41) is 4.94. The summed E-state index contributed by atoms with van der Waals surface area (Å²) in [5.74, 6) is -4.19. The quantitative estimate of drug-likeness (QED) is 0.700. The molecule has 3 N–H and O–H groups in total. The fourth-order valence-corrected chi connectivity index (χ4v) is 3.31. The molecule has 2 aliphatic heterocycles. The van der Waals surface area contributed by atoms with Crippen molar-refractivity contribution >= 4 is 29.3 Å². The molecule has 1 aromatic heterocycles. The first-order valence-electron chi connectivity index (χ1n) is 8.95. The van der Waals surface area contributed by atoms with Gasteiger partial charge in [-0.05, 0) is 12.1 Å². The molecule has 1 saturated heterocycles. The largest absolute Gasteiger partial charge is 0.378 e. The van der Waals surface area contributed by atoms with Gasteiger partial charge in [0.05, 0.1) is 24.7 Å². The Morgan fingerprint density at radius 3 is 2.69 bits per heavy atom. The summed E-state index contributed by atoms with van der Waals surface area (Å²) in [4.78, 5) is 46.3. The van der Waals surface area contributed by atoms with Crippen molar-refractivity contribution in [1.29, 1.82) is 0 Å². The average molecular weight is 405 g/mol. The predicted molar refractivity (Wildman–Crippen MR) is 98.9 cm³/mol. The van der Waals surface area contributed by atoms with Crippen molar-refractivity contribution in [2.24, 2.45) is 0 Å². The monoisotopic (exact) mass is 405 g/mol. The third kappa shape index (κ3) is 3.81. The Hall–Kier alpha value is -3.34. The normalized spacial score (nSPS) is 18.8. The molecule has 0 bridgehead atoms. The van der Waals surface area contributed by atoms with Crippen LogP contribution in [0.2, 0.25) is 0 Å². The number of nitrogens with zero attached hydrogens (tertiary/aromatic N) is 2. The molecule has 0 saturated carbocycles. The van der Waals surface area contributed by atoms with Gasteiger partial charge < -0.3 is 20.3 Å². The van der Waals surface area contributed by atoms with Gasteiger partial charge in [-0.1, -0.05) is 0 Å². The summed E-state index contributed by atoms with van der Waals surface area (Å²) in [6.07, 6.45) is -0.274. The maximum atomic E-state index is 13.4. The predicted octanol–water partition coefficient (Wildman–Crippen LogP) is 0.949. The van der Waals surface area contributed by atoms with Crippen LogP contribution in [-0.4, -0.2) is 48.1 Å². The summed E-state index contributed by atoms with van der Waals surface area (Å²) in [7, 11) is 0. The lowest BCUT2D eigenvalue weighted by molar-refractivity contribution is -0.123. The summed E-state index contributed by atoms with van der Waals surface area (Å²) >= 11 is 0. The Labute approximate surface area is 163 Å². The van der Waals surface area contributed by atoms with E-state index in [1.54, 1.807) is 0 Å². The number of ether oxygens (including phenoxy) is 1. The van der Waals surface area contributed by atoms with Crippen molar-refractivity contribution in [2.75, 3.05) is 41.8 Å². The van der Waals surface area contributed by atoms with Gasteiger partial charge in [0.1, 0.15) is 5.82 Å². The fourth-order valence-electron chi connectivity index (χ4n) is 3.31. The Morgan fingerprint density at radius 2 is 1.97 bits per heavy atom. The zero-order valence-electron chi connectivity index (χ0n) is 15.1. The average Bonchev–Trinajstić information content (AvgIpc) is 2.70. The number of morpholine rings is 1. The highest BCUT2D eigenvalue weighted by atomic mass is 19.2. The molecular formula is C18H17F2N5O4. The van der Waals surface area contributed by atoms with E-state index in [0.29, 0.717) is 26.3 Å². The molecule has 2 aromatic rings. The van der Waals surface area contributed by atoms with Crippen LogP contribution in [-0.2, 0) is 14.3 Å². The van der Waals surface area contributed by atoms with E-state index in [1.807, 2.05) is 4.90 Å². The zero-order chi connectivity index (χ0) is 20.5. The molecule has 0 aliphatic carbocycles. The first kappa shape index (κ1) is 19.0. The third-order valence-corrected chi connectivity index (χ3v) is 4.75. The van der Waals surface area contributed by atoms with E-state index in [0.717, 1.165) is 12.1 Å². The molecule has 2 amide bonds. The second-order valence-corrected chi connectivity index (χ2v) is 6.67. The van der Waals surface area contributed by atoms with Crippen molar-refractivity contribution in [2.45, 2.75) is 12.3 Å². The van der Waals surface area contributed by atoms with Crippen molar-refractivity contribution in [3.8, 4) is 0 Å². The molecule has 9 nitrogen and oxygen atoms in total. The number of nitrogens with one attached hydrogen (secondary N) is 3. The molecule has 29 heavy (non-hydrogen) atoms. The van der Waals surface area contributed by atoms with Crippen LogP contribution in [0.1, 0.15) is 17.9 Å². The number of halogens is 2. The number of amides is 2. The van der Waals surface area contributed by atoms with E-state index in [2.05, 4.69) is 20.6 Å². The van der Waals surface area contributed by atoms with Crippen LogP contribution in [0.15, 0.2) is 23.0 Å². The first-order chi connectivity index (χ1) is 13.9. The molecule has 0 spiro atoms. The number of aromatic amines is 1. The smallest absolute Gasteiger partial charge is 0.258 e. The maximum Gasteiger partial charge on any atom is 0.258 e. The number of rotatable bonds is 3. The number of hydrogen-bond acceptors (Lipinski definition) is 6. The molecule has 152 valence electrons. The van der Waals surface area contributed by atoms with Crippen molar-refractivity contribution in [3.63, 3.8) is 0 Å². The number of aromatic nitrogens is 2. The van der Waals surface area contributed by atoms with Gasteiger partial charge in [0.2, 0.25) is 17.8 Å². The summed E-state index contributed by atoms with van der Waals surface area (Å²) in [5.41, 5.74) is -0.528. The first-order valence-corrected chi connectivity index (χ1v) is 8.95. The van der Waals surface area contributed by atoms with Crippen LogP contribution in [0, 0.1) is 11.6 Å². The molecular weight excluding hydrogens is 388 g/mol. The van der Waals surface area contributed by atoms with Crippen molar-refractivity contribution in [3.05, 3.63) is 45.8 Å². The standard InChI is InChI=1S/C18H17F2N5O4/c19-11-2-1-9(7-12(11)20)21-16(27)10-8-13(26)22-15-14(10)17(28)24-18(23-15)25-3-5-29-6-4-25/h1-2,7,10H,3-6,8H2,(H,21,27)(H2,22,23,24,26,28). The number of benzene rings is 1. The molecule has 1 unspecified atom stereocenters. The van der Waals surface area contributed by atoms with Crippen LogP contribution < -0.4 is 21.1 Å². The lowest BCUT2D eigenvalue weighted by Crippen LogP contribution is -2.41. The molecule has 2 aliphatic rings. The number of carbonyl (C=O) groups is 2. The van der Waals surface area contributed by atoms with Crippen LogP contribution in [0.3, 0.4) is 0 Å². The van der Waals surface area contributed by atoms with Gasteiger partial charge in [0.15, 0.2) is 11.6 Å². The Kier molecular flexibility index (Phi) is 4.97. The minimum atomic E-state index is -1.13. The molecule has 0 radical (unpaired) electrons. The van der Waals surface area contributed by atoms with E-state index >= 15 is 0 Å². The van der Waals surface area contributed by atoms with Crippen LogP contribution in [0.4, 0.5) is 26.2 Å². The highest BCUT2D eigenvalue weighted by molar-refractivity contribution is 6.04. The number of anilines is 3. The lowest BCUT2D eigenvalue weighted by atomic mass is 9.92. The minimum Gasteiger partial charge on any atom is -0.378 e. The van der Waals surface area contributed by atoms with E-state index in [4.69, 9.17) is 4.74 Å². The van der Waals surface area contributed by atoms with Crippen LogP contribution in [0.25, 0.3) is 0 Å².